The van der Waals surface area contributed by atoms with Gasteiger partial charge in [-0.1, -0.05) is 24.5 Å². The van der Waals surface area contributed by atoms with Gasteiger partial charge in [-0.25, -0.2) is 4.79 Å². The van der Waals surface area contributed by atoms with Crippen LogP contribution in [0.4, 0.5) is 0 Å². The van der Waals surface area contributed by atoms with Gasteiger partial charge in [-0.15, -0.1) is 6.58 Å². The number of methoxy groups -OCH3 is 1. The van der Waals surface area contributed by atoms with Crippen molar-refractivity contribution in [2.45, 2.75) is 32.1 Å². The van der Waals surface area contributed by atoms with E-state index < -0.39 is 0 Å². The number of hydrogen-bond donors (Lipinski definition) is 0. The third-order valence-corrected chi connectivity index (χ3v) is 3.58. The summed E-state index contributed by atoms with van der Waals surface area (Å²) in [5.74, 6) is 1.22. The van der Waals surface area contributed by atoms with Crippen molar-refractivity contribution in [2.75, 3.05) is 7.11 Å². The zero-order valence-corrected chi connectivity index (χ0v) is 9.29. The molecule has 82 valence electrons. The molecule has 2 rings (SSSR count). The van der Waals surface area contributed by atoms with E-state index in [-0.39, 0.29) is 5.97 Å². The molecule has 0 aromatic heterocycles. The van der Waals surface area contributed by atoms with Gasteiger partial charge < -0.3 is 4.74 Å². The fourth-order valence-corrected chi connectivity index (χ4v) is 2.85. The lowest BCUT2D eigenvalue weighted by Gasteiger charge is -2.04. The predicted molar refractivity (Wildman–Crippen MR) is 59.3 cm³/mol. The minimum Gasteiger partial charge on any atom is -0.466 e. The van der Waals surface area contributed by atoms with Crippen molar-refractivity contribution in [3.63, 3.8) is 0 Å². The van der Waals surface area contributed by atoms with Gasteiger partial charge in [-0.05, 0) is 31.1 Å². The fraction of sp³-hybridized carbons (Fsp3) is 0.615. The van der Waals surface area contributed by atoms with Gasteiger partial charge in [0, 0.05) is 5.57 Å². The van der Waals surface area contributed by atoms with Crippen molar-refractivity contribution in [3.8, 4) is 0 Å². The number of allylic oxidation sites excluding steroid dienone is 2. The molecule has 15 heavy (non-hydrogen) atoms. The van der Waals surface area contributed by atoms with E-state index >= 15 is 0 Å². The van der Waals surface area contributed by atoms with Gasteiger partial charge in [0.15, 0.2) is 0 Å². The van der Waals surface area contributed by atoms with E-state index in [0.717, 1.165) is 5.57 Å². The van der Waals surface area contributed by atoms with Crippen molar-refractivity contribution in [1.82, 2.24) is 0 Å². The molecule has 2 saturated carbocycles. The minimum absolute atomic E-state index is 0.153. The molecule has 2 heteroatoms. The summed E-state index contributed by atoms with van der Waals surface area (Å²) in [5, 5.41) is 0. The molecular formula is C13H18O2. The van der Waals surface area contributed by atoms with Crippen LogP contribution < -0.4 is 0 Å². The molecule has 2 aliphatic rings. The molecule has 0 aromatic rings. The Morgan fingerprint density at radius 3 is 2.53 bits per heavy atom. The van der Waals surface area contributed by atoms with Crippen LogP contribution >= 0.6 is 0 Å². The van der Waals surface area contributed by atoms with Crippen molar-refractivity contribution >= 4 is 5.97 Å². The van der Waals surface area contributed by atoms with E-state index in [4.69, 9.17) is 4.74 Å². The van der Waals surface area contributed by atoms with Crippen LogP contribution in [0.1, 0.15) is 32.1 Å². The second kappa shape index (κ2) is 4.21. The van der Waals surface area contributed by atoms with Gasteiger partial charge in [0.1, 0.15) is 0 Å². The third-order valence-electron chi connectivity index (χ3n) is 3.58. The largest absolute Gasteiger partial charge is 0.466 e. The molecule has 0 aliphatic heterocycles. The number of carbonyl (C=O) groups excluding carboxylic acids is 1. The van der Waals surface area contributed by atoms with Gasteiger partial charge in [-0.2, -0.15) is 0 Å². The predicted octanol–water partition coefficient (Wildman–Crippen LogP) is 2.85. The number of esters is 1. The van der Waals surface area contributed by atoms with Crippen LogP contribution in [-0.2, 0) is 9.53 Å². The highest BCUT2D eigenvalue weighted by Gasteiger charge is 2.47. The quantitative estimate of drug-likeness (QED) is 0.403. The Morgan fingerprint density at radius 1 is 1.47 bits per heavy atom. The lowest BCUT2D eigenvalue weighted by Crippen LogP contribution is -2.04. The standard InChI is InChI=1S/C13H18O2/c1-3-6-11(13(14)15-2)12-9-7-4-5-8-10(9)12/h3,9-10H,1,4-8H2,2H3/t9-,10+. The summed E-state index contributed by atoms with van der Waals surface area (Å²) in [4.78, 5) is 11.6. The highest BCUT2D eigenvalue weighted by Crippen LogP contribution is 2.56. The van der Waals surface area contributed by atoms with Crippen molar-refractivity contribution in [2.24, 2.45) is 11.8 Å². The van der Waals surface area contributed by atoms with Crippen LogP contribution in [0.25, 0.3) is 0 Å². The Hall–Kier alpha value is -1.05. The van der Waals surface area contributed by atoms with Crippen molar-refractivity contribution in [3.05, 3.63) is 23.8 Å². The Bertz CT molecular complexity index is 300. The summed E-state index contributed by atoms with van der Waals surface area (Å²) in [6, 6.07) is 0. The van der Waals surface area contributed by atoms with Gasteiger partial charge in [-0.3, -0.25) is 0 Å². The van der Waals surface area contributed by atoms with E-state index in [2.05, 4.69) is 6.58 Å². The maximum absolute atomic E-state index is 11.6. The molecule has 2 aliphatic carbocycles. The number of carbonyl (C=O) groups is 1. The zero-order valence-electron chi connectivity index (χ0n) is 9.29. The molecule has 2 atom stereocenters. The molecule has 0 heterocycles. The van der Waals surface area contributed by atoms with Gasteiger partial charge in [0.2, 0.25) is 0 Å². The van der Waals surface area contributed by atoms with Crippen LogP contribution in [0.2, 0.25) is 0 Å². The molecule has 0 spiro atoms. The third kappa shape index (κ3) is 1.85. The maximum atomic E-state index is 11.6. The minimum atomic E-state index is -0.153. The monoisotopic (exact) mass is 206 g/mol. The Kier molecular flexibility index (Phi) is 2.94. The van der Waals surface area contributed by atoms with Gasteiger partial charge >= 0.3 is 5.97 Å². The summed E-state index contributed by atoms with van der Waals surface area (Å²) < 4.78 is 4.83. The molecule has 0 unspecified atom stereocenters. The van der Waals surface area contributed by atoms with E-state index in [0.29, 0.717) is 18.3 Å². The fourth-order valence-electron chi connectivity index (χ4n) is 2.85. The van der Waals surface area contributed by atoms with E-state index in [1.165, 1.54) is 38.4 Å². The van der Waals surface area contributed by atoms with Gasteiger partial charge in [0.05, 0.1) is 7.11 Å². The zero-order chi connectivity index (χ0) is 10.8. The molecule has 0 amide bonds. The van der Waals surface area contributed by atoms with E-state index in [9.17, 15) is 4.79 Å². The first kappa shape index (κ1) is 10.5. The summed E-state index contributed by atoms with van der Waals surface area (Å²) in [5.41, 5.74) is 2.25. The SMILES string of the molecule is C=CCC(C(=O)OC)=C1[C@H]2CCCC[C@@H]12. The first-order chi connectivity index (χ1) is 7.29. The van der Waals surface area contributed by atoms with Crippen LogP contribution in [0.15, 0.2) is 23.8 Å². The Labute approximate surface area is 91.0 Å². The lowest BCUT2D eigenvalue weighted by atomic mass is 10.0. The molecule has 0 bridgehead atoms. The lowest BCUT2D eigenvalue weighted by molar-refractivity contribution is -0.136. The number of rotatable bonds is 3. The molecule has 0 radical (unpaired) electrons. The maximum Gasteiger partial charge on any atom is 0.334 e. The second-order valence-electron chi connectivity index (χ2n) is 4.42. The van der Waals surface area contributed by atoms with E-state index in [1.807, 2.05) is 0 Å². The molecule has 2 fully saturated rings. The summed E-state index contributed by atoms with van der Waals surface area (Å²) >= 11 is 0. The van der Waals surface area contributed by atoms with Crippen LogP contribution in [0, 0.1) is 11.8 Å². The summed E-state index contributed by atoms with van der Waals surface area (Å²) in [7, 11) is 1.46. The Morgan fingerprint density at radius 2 is 2.07 bits per heavy atom. The topological polar surface area (TPSA) is 26.3 Å². The highest BCUT2D eigenvalue weighted by molar-refractivity contribution is 5.90. The first-order valence-electron chi connectivity index (χ1n) is 5.71. The van der Waals surface area contributed by atoms with Crippen LogP contribution in [0.3, 0.4) is 0 Å². The normalized spacial score (nSPS) is 31.5. The molecular weight excluding hydrogens is 188 g/mol. The van der Waals surface area contributed by atoms with Crippen molar-refractivity contribution in [1.29, 1.82) is 0 Å². The summed E-state index contributed by atoms with van der Waals surface area (Å²) in [6.45, 7) is 3.70. The average molecular weight is 206 g/mol. The average Bonchev–Trinajstić information content (AvgIpc) is 2.99. The Balaban J connectivity index is 2.20. The molecule has 2 nitrogen and oxygen atoms in total. The number of hydrogen-bond acceptors (Lipinski definition) is 2. The molecule has 0 aromatic carbocycles. The highest BCUT2D eigenvalue weighted by atomic mass is 16.5. The second-order valence-corrected chi connectivity index (χ2v) is 4.42. The van der Waals surface area contributed by atoms with Crippen LogP contribution in [-0.4, -0.2) is 13.1 Å². The summed E-state index contributed by atoms with van der Waals surface area (Å²) in [6.07, 6.45) is 7.61. The van der Waals surface area contributed by atoms with Gasteiger partial charge in [0.25, 0.3) is 0 Å². The molecule has 0 N–H and O–H groups in total. The van der Waals surface area contributed by atoms with E-state index in [1.54, 1.807) is 6.08 Å². The number of ether oxygens (including phenoxy) is 1. The first-order valence-corrected chi connectivity index (χ1v) is 5.71. The van der Waals surface area contributed by atoms with Crippen molar-refractivity contribution < 1.29 is 9.53 Å². The smallest absolute Gasteiger partial charge is 0.334 e. The molecule has 0 saturated heterocycles. The number of fused-ring (bicyclic) bond motifs is 1. The van der Waals surface area contributed by atoms with Crippen LogP contribution in [0.5, 0.6) is 0 Å².